The average molecular weight is 1060 g/mol. The van der Waals surface area contributed by atoms with Crippen molar-refractivity contribution in [2.24, 2.45) is 0 Å². The van der Waals surface area contributed by atoms with Crippen LogP contribution in [0, 0.1) is 12.1 Å². The van der Waals surface area contributed by atoms with Crippen molar-refractivity contribution in [3.8, 4) is 39.5 Å². The first kappa shape index (κ1) is 44.7. The van der Waals surface area contributed by atoms with Gasteiger partial charge in [0.05, 0.1) is 22.4 Å². The molecule has 335 valence electrons. The van der Waals surface area contributed by atoms with Gasteiger partial charge in [-0.15, -0.1) is 47.3 Å². The first-order valence-corrected chi connectivity index (χ1v) is 23.5. The smallest absolute Gasteiger partial charge is 0.128 e. The summed E-state index contributed by atoms with van der Waals surface area (Å²) in [5.41, 5.74) is 14.4. The van der Waals surface area contributed by atoms with Crippen molar-refractivity contribution in [1.29, 1.82) is 0 Å². The van der Waals surface area contributed by atoms with E-state index in [0.29, 0.717) is 17.8 Å². The zero-order valence-electron chi connectivity index (χ0n) is 39.1. The number of pyridine rings is 1. The van der Waals surface area contributed by atoms with Gasteiger partial charge in [-0.05, 0) is 86.8 Å². The monoisotopic (exact) mass is 1060 g/mol. The minimum absolute atomic E-state index is 0. The summed E-state index contributed by atoms with van der Waals surface area (Å²) in [7, 11) is 0. The molecule has 9 aromatic carbocycles. The number of aromatic nitrogens is 3. The predicted octanol–water partition coefficient (Wildman–Crippen LogP) is 17.4. The first-order chi connectivity index (χ1) is 32.7. The van der Waals surface area contributed by atoms with Crippen molar-refractivity contribution in [2.75, 3.05) is 0 Å². The Labute approximate surface area is 411 Å². The van der Waals surface area contributed by atoms with Gasteiger partial charge in [-0.3, -0.25) is 4.98 Å². The van der Waals surface area contributed by atoms with E-state index in [1.54, 1.807) is 0 Å². The van der Waals surface area contributed by atoms with E-state index in [2.05, 4.69) is 233 Å². The van der Waals surface area contributed by atoms with Gasteiger partial charge in [0, 0.05) is 42.8 Å². The topological polar surface area (TPSA) is 43.9 Å². The molecule has 0 aliphatic carbocycles. The predicted molar refractivity (Wildman–Crippen MR) is 281 cm³/mol. The summed E-state index contributed by atoms with van der Waals surface area (Å²) in [5, 5.41) is 9.47. The van der Waals surface area contributed by atoms with Gasteiger partial charge in [-0.1, -0.05) is 190 Å². The second-order valence-corrected chi connectivity index (χ2v) is 18.6. The molecule has 0 aliphatic rings. The molecular formula is C63H51IrN3O-2. The molecule has 0 bridgehead atoms. The summed E-state index contributed by atoms with van der Waals surface area (Å²) in [6, 6.07) is 69.2. The third kappa shape index (κ3) is 8.00. The number of imidazole rings is 1. The third-order valence-electron chi connectivity index (χ3n) is 13.3. The number of hydrogen-bond donors (Lipinski definition) is 0. The Hall–Kier alpha value is -7.17. The normalized spacial score (nSPS) is 11.7. The molecule has 3 heterocycles. The Morgan fingerprint density at radius 2 is 1.16 bits per heavy atom. The fraction of sp³-hybridized carbons (Fsp3) is 0.143. The molecule has 0 fully saturated rings. The van der Waals surface area contributed by atoms with Crippen molar-refractivity contribution in [3.05, 3.63) is 211 Å². The van der Waals surface area contributed by atoms with Crippen molar-refractivity contribution in [2.45, 2.75) is 59.3 Å². The maximum Gasteiger partial charge on any atom is 0.128 e. The van der Waals surface area contributed by atoms with Crippen LogP contribution in [0.25, 0.3) is 105 Å². The Morgan fingerprint density at radius 3 is 1.91 bits per heavy atom. The van der Waals surface area contributed by atoms with Gasteiger partial charge in [0.15, 0.2) is 0 Å². The Balaban J connectivity index is 0.000000172. The summed E-state index contributed by atoms with van der Waals surface area (Å²) in [5.74, 6) is 2.03. The van der Waals surface area contributed by atoms with Crippen LogP contribution in [0.2, 0.25) is 0 Å². The molecule has 12 aromatic rings. The molecule has 4 nitrogen and oxygen atoms in total. The van der Waals surface area contributed by atoms with Crippen molar-refractivity contribution in [3.63, 3.8) is 0 Å². The summed E-state index contributed by atoms with van der Waals surface area (Å²) in [6.07, 6.45) is 1.87. The second-order valence-electron chi connectivity index (χ2n) is 18.6. The fourth-order valence-corrected chi connectivity index (χ4v) is 9.73. The number of fused-ring (bicyclic) bond motifs is 9. The van der Waals surface area contributed by atoms with E-state index in [4.69, 9.17) is 9.40 Å². The molecule has 0 saturated carbocycles. The molecule has 0 aliphatic heterocycles. The SMILES string of the molecule is CC(C)c1cc(-c2ccccc2)cc(C(C)C)c1-n1c(-c2[c-]cc3c(ccc4ccccc43)c2)nc2ccccc21.CC(C)c1ccnc(-c2[c-]ccc3c2oc2c4ccccc4ccc32)c1.[Ir]. The van der Waals surface area contributed by atoms with E-state index in [0.717, 1.165) is 61.0 Å². The molecular weight excluding hydrogens is 1010 g/mol. The number of rotatable bonds is 7. The number of para-hydroxylation sites is 2. The summed E-state index contributed by atoms with van der Waals surface area (Å²) in [4.78, 5) is 9.83. The zero-order valence-corrected chi connectivity index (χ0v) is 41.5. The average Bonchev–Trinajstić information content (AvgIpc) is 3.95. The van der Waals surface area contributed by atoms with Gasteiger partial charge >= 0.3 is 0 Å². The number of benzene rings is 9. The fourth-order valence-electron chi connectivity index (χ4n) is 9.73. The van der Waals surface area contributed by atoms with Gasteiger partial charge in [-0.25, -0.2) is 0 Å². The molecule has 0 amide bonds. The molecule has 12 rings (SSSR count). The van der Waals surface area contributed by atoms with Gasteiger partial charge in [0.25, 0.3) is 0 Å². The summed E-state index contributed by atoms with van der Waals surface area (Å²) in [6.45, 7) is 13.6. The van der Waals surface area contributed by atoms with Crippen LogP contribution in [0.4, 0.5) is 0 Å². The molecule has 0 spiro atoms. The van der Waals surface area contributed by atoms with Crippen LogP contribution in [-0.2, 0) is 20.1 Å². The van der Waals surface area contributed by atoms with Gasteiger partial charge in [0.2, 0.25) is 0 Å². The molecule has 0 atom stereocenters. The molecule has 0 saturated heterocycles. The maximum absolute atomic E-state index is 6.38. The Morgan fingerprint density at radius 1 is 0.515 bits per heavy atom. The molecule has 1 radical (unpaired) electrons. The van der Waals surface area contributed by atoms with Gasteiger partial charge in [0.1, 0.15) is 5.58 Å². The van der Waals surface area contributed by atoms with Crippen LogP contribution in [-0.4, -0.2) is 14.5 Å². The van der Waals surface area contributed by atoms with E-state index >= 15 is 0 Å². The molecule has 5 heteroatoms. The summed E-state index contributed by atoms with van der Waals surface area (Å²) >= 11 is 0. The van der Waals surface area contributed by atoms with Crippen LogP contribution in [0.5, 0.6) is 0 Å². The van der Waals surface area contributed by atoms with Crippen LogP contribution in [0.3, 0.4) is 0 Å². The minimum Gasteiger partial charge on any atom is -0.500 e. The standard InChI is InChI=1S/C39H33N2.C24H18NO.Ir/c1-25(2)34-23-31(27-12-6-5-7-13-27)24-35(26(3)4)38(34)41-37-17-11-10-16-36(37)40-39(41)30-20-21-33-29(22-30)19-18-28-14-8-9-15-32(28)33;1-15(2)17-12-13-25-22(14-17)21-9-5-8-19-20-11-10-16-6-3-4-7-18(16)23(20)26-24(19)21;/h5-19,21-26H,1-4H3;3-8,10-15H,1-2H3;/q2*-1;. The van der Waals surface area contributed by atoms with E-state index in [1.165, 1.54) is 60.4 Å². The summed E-state index contributed by atoms with van der Waals surface area (Å²) < 4.78 is 8.78. The van der Waals surface area contributed by atoms with Crippen molar-refractivity contribution in [1.82, 2.24) is 14.5 Å². The molecule has 0 N–H and O–H groups in total. The Kier molecular flexibility index (Phi) is 12.1. The van der Waals surface area contributed by atoms with Crippen molar-refractivity contribution >= 4 is 65.3 Å². The van der Waals surface area contributed by atoms with E-state index < -0.39 is 0 Å². The molecule has 0 unspecified atom stereocenters. The zero-order chi connectivity index (χ0) is 45.8. The largest absolute Gasteiger partial charge is 0.500 e. The van der Waals surface area contributed by atoms with E-state index in [-0.39, 0.29) is 20.1 Å². The quantitative estimate of drug-likeness (QED) is 0.118. The van der Waals surface area contributed by atoms with E-state index in [1.807, 2.05) is 12.3 Å². The number of nitrogens with zero attached hydrogens (tertiary/aromatic N) is 3. The molecule has 68 heavy (non-hydrogen) atoms. The molecule has 3 aromatic heterocycles. The van der Waals surface area contributed by atoms with E-state index in [9.17, 15) is 0 Å². The first-order valence-electron chi connectivity index (χ1n) is 23.5. The van der Waals surface area contributed by atoms with Crippen LogP contribution >= 0.6 is 0 Å². The Bertz CT molecular complexity index is 3770. The van der Waals surface area contributed by atoms with Gasteiger partial charge in [-0.2, -0.15) is 0 Å². The van der Waals surface area contributed by atoms with Crippen molar-refractivity contribution < 1.29 is 24.5 Å². The van der Waals surface area contributed by atoms with Crippen LogP contribution < -0.4 is 0 Å². The number of hydrogen-bond acceptors (Lipinski definition) is 3. The van der Waals surface area contributed by atoms with Crippen LogP contribution in [0.15, 0.2) is 187 Å². The number of furan rings is 1. The second kappa shape index (κ2) is 18.5. The van der Waals surface area contributed by atoms with Gasteiger partial charge < -0.3 is 14.0 Å². The van der Waals surface area contributed by atoms with Crippen LogP contribution in [0.1, 0.15) is 76.0 Å². The maximum atomic E-state index is 6.38. The third-order valence-corrected chi connectivity index (χ3v) is 13.3. The minimum atomic E-state index is 0.